The highest BCUT2D eigenvalue weighted by Gasteiger charge is 2.53. The third-order valence-electron chi connectivity index (χ3n) is 7.57. The number of amides is 1. The van der Waals surface area contributed by atoms with Gasteiger partial charge in [0.15, 0.2) is 0 Å². The fraction of sp³-hybridized carbons (Fsp3) is 0.500. The van der Waals surface area contributed by atoms with E-state index in [2.05, 4.69) is 6.07 Å². The summed E-state index contributed by atoms with van der Waals surface area (Å²) in [6, 6.07) is 12.9. The number of carbonyl (C=O) groups excluding carboxylic acids is 2. The second kappa shape index (κ2) is 10.5. The number of hydrogen-bond donors (Lipinski definition) is 0. The average molecular weight is 504 g/mol. The number of benzene rings is 2. The minimum atomic E-state index is -4.48. The number of ether oxygens (including phenoxy) is 2. The lowest BCUT2D eigenvalue weighted by molar-refractivity contribution is -0.173. The van der Waals surface area contributed by atoms with Crippen molar-refractivity contribution in [2.75, 3.05) is 13.7 Å². The number of carbonyl (C=O) groups is 2. The van der Waals surface area contributed by atoms with E-state index in [1.807, 2.05) is 25.1 Å². The molecule has 1 aliphatic heterocycles. The Morgan fingerprint density at radius 2 is 1.83 bits per heavy atom. The third-order valence-corrected chi connectivity index (χ3v) is 7.57. The number of nitrogens with zero attached hydrogens (tertiary/aromatic N) is 1. The van der Waals surface area contributed by atoms with Crippen molar-refractivity contribution in [2.24, 2.45) is 5.92 Å². The number of fused-ring (bicyclic) bond motifs is 1. The molecule has 2 aromatic carbocycles. The van der Waals surface area contributed by atoms with Crippen molar-refractivity contribution < 1.29 is 32.2 Å². The monoisotopic (exact) mass is 503 g/mol. The molecule has 1 amide bonds. The molecule has 1 heterocycles. The van der Waals surface area contributed by atoms with Gasteiger partial charge in [0.1, 0.15) is 5.60 Å². The second-order valence-corrected chi connectivity index (χ2v) is 9.92. The molecular weight excluding hydrogens is 471 g/mol. The molecule has 36 heavy (non-hydrogen) atoms. The summed E-state index contributed by atoms with van der Waals surface area (Å²) in [5.74, 6) is -0.601. The minimum Gasteiger partial charge on any atom is -0.458 e. The molecule has 2 fully saturated rings. The average Bonchev–Trinajstić information content (AvgIpc) is 3.28. The maximum absolute atomic E-state index is 13.2. The normalized spacial score (nSPS) is 23.8. The highest BCUT2D eigenvalue weighted by molar-refractivity contribution is 5.73. The maximum atomic E-state index is 13.2. The molecule has 0 radical (unpaired) electrons. The first-order chi connectivity index (χ1) is 17.1. The number of hydrogen-bond acceptors (Lipinski definition) is 4. The van der Waals surface area contributed by atoms with E-state index >= 15 is 0 Å². The lowest BCUT2D eigenvalue weighted by Gasteiger charge is -2.46. The quantitative estimate of drug-likeness (QED) is 0.446. The van der Waals surface area contributed by atoms with Crippen molar-refractivity contribution in [1.82, 2.24) is 4.90 Å². The van der Waals surface area contributed by atoms with Gasteiger partial charge in [0.2, 0.25) is 0 Å². The summed E-state index contributed by atoms with van der Waals surface area (Å²) >= 11 is 0. The Morgan fingerprint density at radius 1 is 1.08 bits per heavy atom. The van der Waals surface area contributed by atoms with Gasteiger partial charge in [0, 0.05) is 18.5 Å². The van der Waals surface area contributed by atoms with E-state index in [0.29, 0.717) is 32.2 Å². The van der Waals surface area contributed by atoms with Crippen molar-refractivity contribution in [3.05, 3.63) is 70.8 Å². The largest absolute Gasteiger partial charge is 0.458 e. The number of likely N-dealkylation sites (tertiary alicyclic amines) is 1. The second-order valence-electron chi connectivity index (χ2n) is 9.92. The van der Waals surface area contributed by atoms with Crippen molar-refractivity contribution in [2.45, 2.75) is 69.7 Å². The lowest BCUT2D eigenvalue weighted by atomic mass is 9.69. The van der Waals surface area contributed by atoms with Gasteiger partial charge in [-0.3, -0.25) is 4.79 Å². The molecule has 2 aliphatic rings. The van der Waals surface area contributed by atoms with Crippen LogP contribution in [0.4, 0.5) is 18.0 Å². The van der Waals surface area contributed by atoms with Crippen LogP contribution in [-0.2, 0) is 33.3 Å². The fourth-order valence-corrected chi connectivity index (χ4v) is 5.96. The molecule has 4 rings (SSSR count). The molecule has 2 aromatic rings. The van der Waals surface area contributed by atoms with Gasteiger partial charge >= 0.3 is 18.2 Å². The van der Waals surface area contributed by atoms with Gasteiger partial charge in [0.05, 0.1) is 19.1 Å². The van der Waals surface area contributed by atoms with E-state index in [-0.39, 0.29) is 30.0 Å². The molecule has 3 atom stereocenters. The van der Waals surface area contributed by atoms with E-state index in [1.54, 1.807) is 4.90 Å². The van der Waals surface area contributed by atoms with Crippen LogP contribution in [0.25, 0.3) is 0 Å². The number of methoxy groups -OCH3 is 1. The fourth-order valence-electron chi connectivity index (χ4n) is 5.96. The Morgan fingerprint density at radius 3 is 2.56 bits per heavy atom. The van der Waals surface area contributed by atoms with Crippen molar-refractivity contribution in [3.63, 3.8) is 0 Å². The van der Waals surface area contributed by atoms with Gasteiger partial charge in [-0.05, 0) is 62.6 Å². The molecule has 5 nitrogen and oxygen atoms in total. The van der Waals surface area contributed by atoms with Crippen molar-refractivity contribution in [3.8, 4) is 0 Å². The van der Waals surface area contributed by atoms with Gasteiger partial charge in [0.25, 0.3) is 0 Å². The van der Waals surface area contributed by atoms with E-state index in [9.17, 15) is 22.8 Å². The summed E-state index contributed by atoms with van der Waals surface area (Å²) in [6.07, 6.45) is -0.904. The van der Waals surface area contributed by atoms with E-state index in [1.165, 1.54) is 19.2 Å². The number of alkyl halides is 3. The van der Waals surface area contributed by atoms with Gasteiger partial charge in [-0.25, -0.2) is 4.79 Å². The summed E-state index contributed by atoms with van der Waals surface area (Å²) in [6.45, 7) is 2.55. The first-order valence-corrected chi connectivity index (χ1v) is 12.4. The van der Waals surface area contributed by atoms with Crippen LogP contribution in [0.2, 0.25) is 0 Å². The smallest absolute Gasteiger partial charge is 0.416 e. The topological polar surface area (TPSA) is 55.8 Å². The van der Waals surface area contributed by atoms with Gasteiger partial charge < -0.3 is 14.4 Å². The van der Waals surface area contributed by atoms with Crippen LogP contribution >= 0.6 is 0 Å². The molecular formula is C28H32F3NO4. The Balaban J connectivity index is 1.57. The maximum Gasteiger partial charge on any atom is 0.416 e. The Labute approximate surface area is 209 Å². The van der Waals surface area contributed by atoms with Gasteiger partial charge in [-0.2, -0.15) is 13.2 Å². The van der Waals surface area contributed by atoms with Crippen molar-refractivity contribution in [1.29, 1.82) is 0 Å². The zero-order chi connectivity index (χ0) is 25.9. The number of aryl methyl sites for hydroxylation is 2. The van der Waals surface area contributed by atoms with Crippen LogP contribution in [0.5, 0.6) is 0 Å². The number of halogens is 3. The van der Waals surface area contributed by atoms with Crippen LogP contribution in [0.3, 0.4) is 0 Å². The molecule has 1 saturated carbocycles. The highest BCUT2D eigenvalue weighted by Crippen LogP contribution is 2.47. The van der Waals surface area contributed by atoms with Crippen molar-refractivity contribution >= 4 is 12.1 Å². The van der Waals surface area contributed by atoms with Crippen LogP contribution in [0, 0.1) is 12.8 Å². The number of esters is 1. The van der Waals surface area contributed by atoms with Gasteiger partial charge in [-0.15, -0.1) is 0 Å². The minimum absolute atomic E-state index is 0.0550. The summed E-state index contributed by atoms with van der Waals surface area (Å²) in [7, 11) is 1.36. The third kappa shape index (κ3) is 5.68. The van der Waals surface area contributed by atoms with Crippen LogP contribution in [0.1, 0.15) is 54.4 Å². The van der Waals surface area contributed by atoms with Crippen LogP contribution in [-0.4, -0.2) is 42.3 Å². The summed E-state index contributed by atoms with van der Waals surface area (Å²) in [5, 5.41) is 0. The standard InChI is InChI=1S/C28H32F3NO4/c1-19-6-3-7-20(16-19)11-14-27(13-5-10-24-23(27)12-15-32(24)26(34)35-2)36-25(33)18-21-8-4-9-22(17-21)28(29,30)31/h3-4,6-9,16-17,23-24H,5,10-15,18H2,1-2H3/t23-,24-,27+/m1/s1. The van der Waals surface area contributed by atoms with Crippen LogP contribution < -0.4 is 0 Å². The first-order valence-electron chi connectivity index (χ1n) is 12.4. The molecule has 1 saturated heterocycles. The molecule has 8 heteroatoms. The predicted molar refractivity (Wildman–Crippen MR) is 128 cm³/mol. The summed E-state index contributed by atoms with van der Waals surface area (Å²) in [4.78, 5) is 27.3. The van der Waals surface area contributed by atoms with E-state index in [0.717, 1.165) is 36.1 Å². The molecule has 1 aliphatic carbocycles. The SMILES string of the molecule is COC(=O)N1CC[C@@H]2[C@H]1CCC[C@@]2(CCc1cccc(C)c1)OC(=O)Cc1cccc(C(F)(F)F)c1. The summed E-state index contributed by atoms with van der Waals surface area (Å²) in [5.41, 5.74) is 0.951. The molecule has 0 spiro atoms. The first kappa shape index (κ1) is 26.0. The molecule has 194 valence electrons. The van der Waals surface area contributed by atoms with Gasteiger partial charge in [-0.1, -0.05) is 48.0 Å². The highest BCUT2D eigenvalue weighted by atomic mass is 19.4. The zero-order valence-electron chi connectivity index (χ0n) is 20.6. The van der Waals surface area contributed by atoms with E-state index in [4.69, 9.17) is 9.47 Å². The molecule has 0 aromatic heterocycles. The number of rotatable bonds is 6. The Kier molecular flexibility index (Phi) is 7.62. The Hall–Kier alpha value is -3.03. The molecule has 0 bridgehead atoms. The Bertz CT molecular complexity index is 1100. The zero-order valence-corrected chi connectivity index (χ0v) is 20.6. The van der Waals surface area contributed by atoms with Crippen LogP contribution in [0.15, 0.2) is 48.5 Å². The van der Waals surface area contributed by atoms with E-state index < -0.39 is 23.3 Å². The predicted octanol–water partition coefficient (Wildman–Crippen LogP) is 6.11. The summed E-state index contributed by atoms with van der Waals surface area (Å²) < 4.78 is 50.7. The molecule has 0 unspecified atom stereocenters. The lowest BCUT2D eigenvalue weighted by Crippen LogP contribution is -2.52. The molecule has 0 N–H and O–H groups in total.